The maximum Gasteiger partial charge on any atom is 0.223 e. The number of fused-ring (bicyclic) bond motifs is 3. The number of hydrogen-bond donors (Lipinski definition) is 1. The fourth-order valence-electron chi connectivity index (χ4n) is 4.18. The van der Waals surface area contributed by atoms with Crippen molar-refractivity contribution < 1.29 is 4.79 Å². The van der Waals surface area contributed by atoms with E-state index in [4.69, 9.17) is 4.98 Å². The number of carbonyl (C=O) groups is 1. The minimum Gasteiger partial charge on any atom is -0.337 e. The topological polar surface area (TPSA) is 45.2 Å². The molecule has 2 aliphatic heterocycles. The Kier molecular flexibility index (Phi) is 4.31. The quantitative estimate of drug-likeness (QED) is 0.920. The number of nitrogens with one attached hydrogen (secondary N) is 1. The molecule has 4 rings (SSSR count). The normalized spacial score (nSPS) is 27.3. The van der Waals surface area contributed by atoms with Crippen molar-refractivity contribution in [2.45, 2.75) is 57.2 Å². The number of thiazole rings is 1. The van der Waals surface area contributed by atoms with Crippen LogP contribution < -0.4 is 5.32 Å². The van der Waals surface area contributed by atoms with Crippen LogP contribution in [0.25, 0.3) is 10.2 Å². The standard InChI is InChI=1S/C19H25N3OS/c1-12(19-21-16-5-3-4-6-17(16)24-19)22(2)18(23)11-13-9-14-7-8-15(10-13)20-14/h3-6,12-15,20H,7-11H2,1-2H3. The van der Waals surface area contributed by atoms with Gasteiger partial charge in [0, 0.05) is 25.6 Å². The number of nitrogens with zero attached hydrogens (tertiary/aromatic N) is 2. The predicted molar refractivity (Wildman–Crippen MR) is 98.1 cm³/mol. The molecule has 2 aromatic rings. The van der Waals surface area contributed by atoms with Crippen LogP contribution in [-0.4, -0.2) is 34.9 Å². The molecule has 1 aromatic heterocycles. The van der Waals surface area contributed by atoms with Crippen LogP contribution in [0, 0.1) is 5.92 Å². The van der Waals surface area contributed by atoms with Gasteiger partial charge in [0.2, 0.25) is 5.91 Å². The molecule has 2 aliphatic rings. The van der Waals surface area contributed by atoms with Gasteiger partial charge < -0.3 is 10.2 Å². The zero-order valence-corrected chi connectivity index (χ0v) is 15.2. The Hall–Kier alpha value is -1.46. The molecule has 24 heavy (non-hydrogen) atoms. The third kappa shape index (κ3) is 3.07. The molecule has 1 aromatic carbocycles. The van der Waals surface area contributed by atoms with Gasteiger partial charge >= 0.3 is 0 Å². The van der Waals surface area contributed by atoms with E-state index in [-0.39, 0.29) is 11.9 Å². The van der Waals surface area contributed by atoms with E-state index in [9.17, 15) is 4.79 Å². The Bertz CT molecular complexity index is 698. The van der Waals surface area contributed by atoms with Crippen LogP contribution in [0.15, 0.2) is 24.3 Å². The number of hydrogen-bond acceptors (Lipinski definition) is 4. The number of piperidine rings is 1. The molecule has 2 bridgehead atoms. The van der Waals surface area contributed by atoms with Gasteiger partial charge in [0.25, 0.3) is 0 Å². The van der Waals surface area contributed by atoms with Crippen molar-refractivity contribution in [3.05, 3.63) is 29.3 Å². The van der Waals surface area contributed by atoms with Gasteiger partial charge in [-0.2, -0.15) is 0 Å². The highest BCUT2D eigenvalue weighted by Gasteiger charge is 2.35. The lowest BCUT2D eigenvalue weighted by atomic mass is 9.89. The Morgan fingerprint density at radius 1 is 1.33 bits per heavy atom. The molecular formula is C19H25N3OS. The number of aromatic nitrogens is 1. The summed E-state index contributed by atoms with van der Waals surface area (Å²) in [5, 5.41) is 4.68. The van der Waals surface area contributed by atoms with Gasteiger partial charge in [0.1, 0.15) is 5.01 Å². The third-order valence-electron chi connectivity index (χ3n) is 5.68. The van der Waals surface area contributed by atoms with Gasteiger partial charge in [-0.15, -0.1) is 11.3 Å². The van der Waals surface area contributed by atoms with Crippen molar-refractivity contribution in [2.24, 2.45) is 5.92 Å². The molecule has 0 spiro atoms. The summed E-state index contributed by atoms with van der Waals surface area (Å²) < 4.78 is 1.19. The molecule has 3 unspecified atom stereocenters. The fourth-order valence-corrected chi connectivity index (χ4v) is 5.25. The first-order valence-corrected chi connectivity index (χ1v) is 9.79. The van der Waals surface area contributed by atoms with Crippen molar-refractivity contribution in [3.63, 3.8) is 0 Å². The summed E-state index contributed by atoms with van der Waals surface area (Å²) in [5.41, 5.74) is 1.03. The molecule has 3 heterocycles. The zero-order valence-electron chi connectivity index (χ0n) is 14.4. The average molecular weight is 343 g/mol. The second kappa shape index (κ2) is 6.45. The first kappa shape index (κ1) is 16.0. The SMILES string of the molecule is CC(c1nc2ccccc2s1)N(C)C(=O)CC1CC2CCC(C1)N2. The van der Waals surface area contributed by atoms with E-state index in [1.165, 1.54) is 17.5 Å². The lowest BCUT2D eigenvalue weighted by molar-refractivity contribution is -0.133. The molecule has 0 radical (unpaired) electrons. The minimum atomic E-state index is 0.0355. The second-order valence-corrected chi connectivity index (χ2v) is 8.44. The maximum atomic E-state index is 12.8. The van der Waals surface area contributed by atoms with Gasteiger partial charge in [0.05, 0.1) is 16.3 Å². The summed E-state index contributed by atoms with van der Waals surface area (Å²) in [5.74, 6) is 0.800. The lowest BCUT2D eigenvalue weighted by Gasteiger charge is -2.31. The highest BCUT2D eigenvalue weighted by molar-refractivity contribution is 7.18. The molecule has 1 amide bonds. The summed E-state index contributed by atoms with van der Waals surface area (Å²) in [6, 6.07) is 9.51. The number of para-hydroxylation sites is 1. The summed E-state index contributed by atoms with van der Waals surface area (Å²) in [7, 11) is 1.93. The molecule has 0 saturated carbocycles. The van der Waals surface area contributed by atoms with Crippen molar-refractivity contribution in [3.8, 4) is 0 Å². The molecule has 0 aliphatic carbocycles. The average Bonchev–Trinajstić information content (AvgIpc) is 3.16. The summed E-state index contributed by atoms with van der Waals surface area (Å²) >= 11 is 1.69. The Morgan fingerprint density at radius 3 is 2.75 bits per heavy atom. The summed E-state index contributed by atoms with van der Waals surface area (Å²) in [6.07, 6.45) is 5.57. The largest absolute Gasteiger partial charge is 0.337 e. The monoisotopic (exact) mass is 343 g/mol. The number of benzene rings is 1. The molecule has 2 fully saturated rings. The van der Waals surface area contributed by atoms with E-state index in [2.05, 4.69) is 18.3 Å². The van der Waals surface area contributed by atoms with Crippen molar-refractivity contribution in [1.82, 2.24) is 15.2 Å². The van der Waals surface area contributed by atoms with Crippen LogP contribution in [0.5, 0.6) is 0 Å². The summed E-state index contributed by atoms with van der Waals surface area (Å²) in [6.45, 7) is 2.09. The summed E-state index contributed by atoms with van der Waals surface area (Å²) in [4.78, 5) is 19.4. The molecule has 2 saturated heterocycles. The van der Waals surface area contributed by atoms with Crippen LogP contribution in [0.4, 0.5) is 0 Å². The molecule has 3 atom stereocenters. The molecular weight excluding hydrogens is 318 g/mol. The Balaban J connectivity index is 1.42. The molecule has 1 N–H and O–H groups in total. The Labute approximate surface area is 147 Å². The smallest absolute Gasteiger partial charge is 0.223 e. The number of rotatable bonds is 4. The second-order valence-electron chi connectivity index (χ2n) is 7.38. The molecule has 4 nitrogen and oxygen atoms in total. The zero-order chi connectivity index (χ0) is 16.7. The molecule has 5 heteroatoms. The van der Waals surface area contributed by atoms with Crippen LogP contribution in [0.3, 0.4) is 0 Å². The number of carbonyl (C=O) groups excluding carboxylic acids is 1. The van der Waals surface area contributed by atoms with E-state index in [0.29, 0.717) is 24.4 Å². The third-order valence-corrected chi connectivity index (χ3v) is 6.88. The van der Waals surface area contributed by atoms with Crippen molar-refractivity contribution in [2.75, 3.05) is 7.05 Å². The van der Waals surface area contributed by atoms with Gasteiger partial charge in [-0.05, 0) is 50.7 Å². The van der Waals surface area contributed by atoms with Crippen LogP contribution in [-0.2, 0) is 4.79 Å². The van der Waals surface area contributed by atoms with Crippen LogP contribution in [0.2, 0.25) is 0 Å². The first-order chi connectivity index (χ1) is 11.6. The predicted octanol–water partition coefficient (Wildman–Crippen LogP) is 3.74. The van der Waals surface area contributed by atoms with E-state index in [0.717, 1.165) is 23.4 Å². The van der Waals surface area contributed by atoms with Gasteiger partial charge in [-0.1, -0.05) is 12.1 Å². The van der Waals surface area contributed by atoms with Crippen molar-refractivity contribution in [1.29, 1.82) is 0 Å². The van der Waals surface area contributed by atoms with Gasteiger partial charge in [-0.3, -0.25) is 4.79 Å². The van der Waals surface area contributed by atoms with E-state index in [1.54, 1.807) is 11.3 Å². The number of amides is 1. The van der Waals surface area contributed by atoms with E-state index < -0.39 is 0 Å². The molecule has 128 valence electrons. The van der Waals surface area contributed by atoms with Crippen molar-refractivity contribution >= 4 is 27.5 Å². The van der Waals surface area contributed by atoms with Crippen LogP contribution >= 0.6 is 11.3 Å². The minimum absolute atomic E-state index is 0.0355. The van der Waals surface area contributed by atoms with Gasteiger partial charge in [-0.25, -0.2) is 4.98 Å². The highest BCUT2D eigenvalue weighted by atomic mass is 32.1. The maximum absolute atomic E-state index is 12.8. The van der Waals surface area contributed by atoms with E-state index in [1.807, 2.05) is 30.1 Å². The lowest BCUT2D eigenvalue weighted by Crippen LogP contribution is -2.40. The fraction of sp³-hybridized carbons (Fsp3) is 0.579. The van der Waals surface area contributed by atoms with Gasteiger partial charge in [0.15, 0.2) is 0 Å². The Morgan fingerprint density at radius 2 is 2.04 bits per heavy atom. The highest BCUT2D eigenvalue weighted by Crippen LogP contribution is 2.34. The first-order valence-electron chi connectivity index (χ1n) is 8.97. The van der Waals surface area contributed by atoms with Crippen LogP contribution in [0.1, 0.15) is 50.1 Å². The van der Waals surface area contributed by atoms with E-state index >= 15 is 0 Å².